The van der Waals surface area contributed by atoms with E-state index < -0.39 is 24.7 Å². The molecule has 0 aromatic heterocycles. The number of ether oxygens (including phenoxy) is 2. The number of carboxylic acids is 1. The number of aromatic hydroxyl groups is 1. The van der Waals surface area contributed by atoms with Crippen LogP contribution in [0.25, 0.3) is 0 Å². The highest BCUT2D eigenvalue weighted by molar-refractivity contribution is 6.44. The van der Waals surface area contributed by atoms with E-state index in [9.17, 15) is 29.9 Å². The van der Waals surface area contributed by atoms with Gasteiger partial charge < -0.3 is 45.7 Å². The third-order valence-corrected chi connectivity index (χ3v) is 6.36. The van der Waals surface area contributed by atoms with Crippen molar-refractivity contribution in [1.29, 1.82) is 0 Å². The van der Waals surface area contributed by atoms with Crippen LogP contribution in [0.1, 0.15) is 34.7 Å². The van der Waals surface area contributed by atoms with E-state index in [1.807, 2.05) is 0 Å². The molecule has 1 aliphatic carbocycles. The van der Waals surface area contributed by atoms with Gasteiger partial charge in [-0.3, -0.25) is 4.79 Å². The van der Waals surface area contributed by atoms with Gasteiger partial charge in [-0.2, -0.15) is 0 Å². The summed E-state index contributed by atoms with van der Waals surface area (Å²) in [5.74, 6) is -2.55. The molecule has 1 saturated carbocycles. The second-order valence-corrected chi connectivity index (χ2v) is 8.64. The quantitative estimate of drug-likeness (QED) is 0.262. The summed E-state index contributed by atoms with van der Waals surface area (Å²) >= 11 is 0. The fourth-order valence-corrected chi connectivity index (χ4v) is 4.27. The van der Waals surface area contributed by atoms with Crippen molar-refractivity contribution < 1.29 is 39.3 Å². The minimum absolute atomic E-state index is 0.0187. The van der Waals surface area contributed by atoms with Crippen LogP contribution in [-0.4, -0.2) is 95.2 Å². The van der Waals surface area contributed by atoms with Crippen LogP contribution in [0.15, 0.2) is 12.1 Å². The molecule has 1 aromatic rings. The first-order valence-corrected chi connectivity index (χ1v) is 10.7. The molecule has 1 amide bonds. The van der Waals surface area contributed by atoms with Crippen LogP contribution in [0.3, 0.4) is 0 Å². The van der Waals surface area contributed by atoms with Gasteiger partial charge in [-0.15, -0.1) is 0 Å². The standard InChI is InChI=1S/C20H28BN3O8/c22-5-10-9-31-11(6-23-10)3-17(25)24-7-12(8-24)32-16-2-1-13(14-4-15(14)21(29)30)19(26)18(16)20(27)28/h1-2,10-12,14-15,23,26,29-30H,3-9,22H2,(H,27,28)/t10?,11?,14-,15-/m0/s1. The fourth-order valence-electron chi connectivity index (χ4n) is 4.27. The molecule has 174 valence electrons. The molecule has 0 radical (unpaired) electrons. The Labute approximate surface area is 185 Å². The van der Waals surface area contributed by atoms with Crippen LogP contribution in [0.4, 0.5) is 0 Å². The zero-order valence-corrected chi connectivity index (χ0v) is 17.5. The third kappa shape index (κ3) is 4.69. The number of carbonyl (C=O) groups is 2. The van der Waals surface area contributed by atoms with Crippen LogP contribution >= 0.6 is 0 Å². The maximum Gasteiger partial charge on any atom is 0.455 e. The Bertz CT molecular complexity index is 871. The Morgan fingerprint density at radius 3 is 2.62 bits per heavy atom. The minimum Gasteiger partial charge on any atom is -0.507 e. The minimum atomic E-state index is -1.51. The Kier molecular flexibility index (Phi) is 6.58. The summed E-state index contributed by atoms with van der Waals surface area (Å²) in [7, 11) is -1.51. The van der Waals surface area contributed by atoms with Crippen LogP contribution < -0.4 is 15.8 Å². The number of rotatable bonds is 8. The number of nitrogens with one attached hydrogen (secondary N) is 1. The van der Waals surface area contributed by atoms with Gasteiger partial charge in [-0.05, 0) is 24.0 Å². The lowest BCUT2D eigenvalue weighted by Gasteiger charge is -2.40. The van der Waals surface area contributed by atoms with Gasteiger partial charge >= 0.3 is 13.1 Å². The summed E-state index contributed by atoms with van der Waals surface area (Å²) in [6.07, 6.45) is 0.1000. The van der Waals surface area contributed by atoms with Crippen LogP contribution in [0, 0.1) is 0 Å². The summed E-state index contributed by atoms with van der Waals surface area (Å²) in [6, 6.07) is 3.12. The number of aromatic carboxylic acids is 1. The number of carbonyl (C=O) groups excluding carboxylic acids is 1. The third-order valence-electron chi connectivity index (χ3n) is 6.36. The predicted octanol–water partition coefficient (Wildman–Crippen LogP) is -1.28. The second kappa shape index (κ2) is 9.24. The first kappa shape index (κ1) is 22.8. The number of morpholine rings is 1. The number of amides is 1. The smallest absolute Gasteiger partial charge is 0.455 e. The van der Waals surface area contributed by atoms with E-state index in [1.54, 1.807) is 11.0 Å². The average molecular weight is 449 g/mol. The molecule has 2 aliphatic heterocycles. The molecule has 2 heterocycles. The number of phenols is 1. The van der Waals surface area contributed by atoms with E-state index >= 15 is 0 Å². The van der Waals surface area contributed by atoms with Crippen molar-refractivity contribution in [3.8, 4) is 11.5 Å². The lowest BCUT2D eigenvalue weighted by molar-refractivity contribution is -0.143. The largest absolute Gasteiger partial charge is 0.507 e. The predicted molar refractivity (Wildman–Crippen MR) is 113 cm³/mol. The zero-order valence-electron chi connectivity index (χ0n) is 17.5. The molecule has 11 nitrogen and oxygen atoms in total. The van der Waals surface area contributed by atoms with E-state index in [2.05, 4.69) is 5.32 Å². The van der Waals surface area contributed by atoms with E-state index in [1.165, 1.54) is 6.07 Å². The summed E-state index contributed by atoms with van der Waals surface area (Å²) in [5, 5.41) is 41.9. The van der Waals surface area contributed by atoms with Gasteiger partial charge in [-0.1, -0.05) is 6.07 Å². The van der Waals surface area contributed by atoms with E-state index in [0.29, 0.717) is 44.8 Å². The number of hydrogen-bond donors (Lipinski definition) is 6. The second-order valence-electron chi connectivity index (χ2n) is 8.64. The lowest BCUT2D eigenvalue weighted by atomic mass is 9.81. The summed E-state index contributed by atoms with van der Waals surface area (Å²) in [4.78, 5) is 25.8. The highest BCUT2D eigenvalue weighted by atomic mass is 16.5. The van der Waals surface area contributed by atoms with Gasteiger partial charge in [0.15, 0.2) is 0 Å². The maximum absolute atomic E-state index is 12.4. The van der Waals surface area contributed by atoms with Crippen molar-refractivity contribution in [1.82, 2.24) is 10.2 Å². The molecule has 2 saturated heterocycles. The van der Waals surface area contributed by atoms with Crippen molar-refractivity contribution in [2.75, 3.05) is 32.8 Å². The van der Waals surface area contributed by atoms with E-state index in [4.69, 9.17) is 15.2 Å². The molecule has 3 fully saturated rings. The number of nitrogens with two attached hydrogens (primary N) is 1. The van der Waals surface area contributed by atoms with Gasteiger partial charge in [0.25, 0.3) is 0 Å². The van der Waals surface area contributed by atoms with Crippen molar-refractivity contribution in [2.24, 2.45) is 5.73 Å². The topological polar surface area (TPSA) is 175 Å². The van der Waals surface area contributed by atoms with Crippen molar-refractivity contribution in [3.63, 3.8) is 0 Å². The summed E-state index contributed by atoms with van der Waals surface area (Å²) in [6.45, 7) is 2.13. The molecule has 4 rings (SSSR count). The van der Waals surface area contributed by atoms with Gasteiger partial charge in [0, 0.05) is 24.9 Å². The Morgan fingerprint density at radius 1 is 1.31 bits per heavy atom. The highest BCUT2D eigenvalue weighted by Crippen LogP contribution is 2.56. The van der Waals surface area contributed by atoms with Crippen LogP contribution in [0.5, 0.6) is 11.5 Å². The molecule has 3 aliphatic rings. The molecular formula is C20H28BN3O8. The van der Waals surface area contributed by atoms with Gasteiger partial charge in [0.2, 0.25) is 5.91 Å². The SMILES string of the molecule is NCC1COC(CC(=O)N2CC(Oc3ccc([C@@H]4C[C@@H]4B(O)O)c(O)c3C(=O)O)C2)CN1. The number of nitrogens with zero attached hydrogens (tertiary/aromatic N) is 1. The summed E-state index contributed by atoms with van der Waals surface area (Å²) in [5.41, 5.74) is 5.58. The fraction of sp³-hybridized carbons (Fsp3) is 0.600. The zero-order chi connectivity index (χ0) is 23.0. The molecule has 12 heteroatoms. The van der Waals surface area contributed by atoms with Crippen molar-refractivity contribution in [3.05, 3.63) is 23.3 Å². The molecule has 0 bridgehead atoms. The number of likely N-dealkylation sites (tertiary alicyclic amines) is 1. The Hall–Kier alpha value is -2.38. The lowest BCUT2D eigenvalue weighted by Crippen LogP contribution is -2.57. The summed E-state index contributed by atoms with van der Waals surface area (Å²) < 4.78 is 11.4. The van der Waals surface area contributed by atoms with Crippen molar-refractivity contribution in [2.45, 2.75) is 42.8 Å². The van der Waals surface area contributed by atoms with Crippen LogP contribution in [-0.2, 0) is 9.53 Å². The average Bonchev–Trinajstić information content (AvgIpc) is 3.51. The molecule has 0 spiro atoms. The Balaban J connectivity index is 1.32. The van der Waals surface area contributed by atoms with Crippen molar-refractivity contribution >= 4 is 19.0 Å². The first-order valence-electron chi connectivity index (χ1n) is 10.7. The Morgan fingerprint density at radius 2 is 2.06 bits per heavy atom. The molecule has 2 unspecified atom stereocenters. The number of hydrogen-bond acceptors (Lipinski definition) is 9. The number of benzene rings is 1. The first-order chi connectivity index (χ1) is 15.3. The molecular weight excluding hydrogens is 421 g/mol. The van der Waals surface area contributed by atoms with Gasteiger partial charge in [0.05, 0.1) is 32.2 Å². The van der Waals surface area contributed by atoms with E-state index in [-0.39, 0.29) is 47.8 Å². The molecule has 7 N–H and O–H groups in total. The maximum atomic E-state index is 12.4. The highest BCUT2D eigenvalue weighted by Gasteiger charge is 2.48. The number of carboxylic acid groups (broad SMARTS) is 1. The van der Waals surface area contributed by atoms with E-state index in [0.717, 1.165) is 0 Å². The molecule has 4 atom stereocenters. The van der Waals surface area contributed by atoms with Gasteiger partial charge in [0.1, 0.15) is 23.2 Å². The van der Waals surface area contributed by atoms with Gasteiger partial charge in [-0.25, -0.2) is 4.79 Å². The normalized spacial score (nSPS) is 27.5. The van der Waals surface area contributed by atoms with Crippen LogP contribution in [0.2, 0.25) is 5.82 Å². The molecule has 1 aromatic carbocycles. The monoisotopic (exact) mass is 449 g/mol. The molecule has 32 heavy (non-hydrogen) atoms.